The van der Waals surface area contributed by atoms with Crippen LogP contribution in [0.4, 0.5) is 0 Å². The summed E-state index contributed by atoms with van der Waals surface area (Å²) in [5.74, 6) is 2.30. The number of hydrogen-bond donors (Lipinski definition) is 0. The van der Waals surface area contributed by atoms with Gasteiger partial charge in [-0.2, -0.15) is 0 Å². The number of hydrogen-bond acceptors (Lipinski definition) is 3. The Morgan fingerprint density at radius 2 is 0.578 bits per heavy atom. The molecule has 210 valence electrons. The van der Waals surface area contributed by atoms with Crippen molar-refractivity contribution in [3.8, 4) is 34.2 Å². The Labute approximate surface area is 276 Å². The third-order valence-electron chi connectivity index (χ3n) is 8.57. The second-order valence-electron chi connectivity index (χ2n) is 11.1. The number of aromatic nitrogens is 3. The predicted molar refractivity (Wildman–Crippen MR) is 192 cm³/mol. The SMILES string of the molecule is c1ccc2c(c1)[se]c1c(-c3nc(-c4cccc5c4[se]c4ccccc45)nc(-c4cccc5c4[se]c4ccccc45)n3)cccc12. The van der Waals surface area contributed by atoms with Crippen LogP contribution in [0, 0.1) is 0 Å². The molecule has 10 aromatic rings. The Morgan fingerprint density at radius 3 is 0.911 bits per heavy atom. The monoisotopic (exact) mass is 771 g/mol. The van der Waals surface area contributed by atoms with Crippen molar-refractivity contribution in [1.82, 2.24) is 15.0 Å². The van der Waals surface area contributed by atoms with E-state index in [1.807, 2.05) is 0 Å². The molecule has 0 radical (unpaired) electrons. The van der Waals surface area contributed by atoms with Crippen LogP contribution in [0.5, 0.6) is 0 Å². The van der Waals surface area contributed by atoms with Crippen molar-refractivity contribution >= 4 is 101 Å². The van der Waals surface area contributed by atoms with E-state index in [0.717, 1.165) is 34.2 Å². The first-order valence-electron chi connectivity index (χ1n) is 14.8. The van der Waals surface area contributed by atoms with Crippen LogP contribution in [0.2, 0.25) is 0 Å². The number of fused-ring (bicyclic) bond motifs is 9. The van der Waals surface area contributed by atoms with Crippen LogP contribution in [0.15, 0.2) is 127 Å². The molecule has 10 rings (SSSR count). The molecule has 0 amide bonds. The van der Waals surface area contributed by atoms with Crippen molar-refractivity contribution in [2.45, 2.75) is 0 Å². The minimum atomic E-state index is 0.187. The standard InChI is InChI=1S/C39H21N3Se3/c1-4-19-31-22(10-1)25-13-7-16-28(34(25)43-31)37-40-38(29-17-8-14-26-23-11-2-5-20-32(23)44-35(26)29)42-39(41-37)30-18-9-15-27-24-12-3-6-21-33(24)45-36(27)30/h1-21H. The van der Waals surface area contributed by atoms with Crippen LogP contribution in [-0.4, -0.2) is 58.5 Å². The predicted octanol–water partition coefficient (Wildman–Crippen LogP) is 8.96. The van der Waals surface area contributed by atoms with Crippen molar-refractivity contribution in [3.05, 3.63) is 127 Å². The normalized spacial score (nSPS) is 12.0. The molecule has 0 bridgehead atoms. The van der Waals surface area contributed by atoms with Crippen LogP contribution in [-0.2, 0) is 0 Å². The molecule has 6 heteroatoms. The van der Waals surface area contributed by atoms with Crippen LogP contribution in [0.3, 0.4) is 0 Å². The molecule has 0 saturated carbocycles. The summed E-state index contributed by atoms with van der Waals surface area (Å²) < 4.78 is 8.34. The average Bonchev–Trinajstić information content (AvgIpc) is 3.79. The zero-order chi connectivity index (χ0) is 29.5. The third-order valence-corrected chi connectivity index (χ3v) is 16.2. The van der Waals surface area contributed by atoms with Crippen molar-refractivity contribution in [2.24, 2.45) is 0 Å². The van der Waals surface area contributed by atoms with E-state index in [9.17, 15) is 0 Å². The second-order valence-corrected chi connectivity index (χ2v) is 17.8. The zero-order valence-corrected chi connectivity index (χ0v) is 28.8. The third kappa shape index (κ3) is 4.05. The summed E-state index contributed by atoms with van der Waals surface area (Å²) in [6.45, 7) is 0. The molecule has 6 aromatic carbocycles. The van der Waals surface area contributed by atoms with Crippen molar-refractivity contribution < 1.29 is 0 Å². The van der Waals surface area contributed by atoms with Crippen LogP contribution in [0.25, 0.3) is 92.0 Å². The summed E-state index contributed by atoms with van der Waals surface area (Å²) in [6.07, 6.45) is 0. The minimum absolute atomic E-state index is 0.187. The summed E-state index contributed by atoms with van der Waals surface area (Å²) in [5, 5.41) is 7.95. The Morgan fingerprint density at radius 1 is 0.289 bits per heavy atom. The molecule has 0 aliphatic carbocycles. The molecule has 0 unspecified atom stereocenters. The van der Waals surface area contributed by atoms with Crippen LogP contribution < -0.4 is 0 Å². The van der Waals surface area contributed by atoms with Gasteiger partial charge in [0, 0.05) is 0 Å². The topological polar surface area (TPSA) is 38.7 Å². The van der Waals surface area contributed by atoms with Gasteiger partial charge in [-0.1, -0.05) is 0 Å². The van der Waals surface area contributed by atoms with Crippen molar-refractivity contribution in [1.29, 1.82) is 0 Å². The fourth-order valence-corrected chi connectivity index (χ4v) is 14.1. The first-order valence-corrected chi connectivity index (χ1v) is 19.9. The van der Waals surface area contributed by atoms with E-state index < -0.39 is 0 Å². The molecular weight excluding hydrogens is 747 g/mol. The van der Waals surface area contributed by atoms with Crippen LogP contribution in [0.1, 0.15) is 0 Å². The molecule has 0 atom stereocenters. The number of nitrogens with zero attached hydrogens (tertiary/aromatic N) is 3. The molecule has 4 heterocycles. The molecule has 45 heavy (non-hydrogen) atoms. The van der Waals surface area contributed by atoms with E-state index in [1.54, 1.807) is 0 Å². The van der Waals surface area contributed by atoms with E-state index in [2.05, 4.69) is 127 Å². The summed E-state index contributed by atoms with van der Waals surface area (Å²) in [5.41, 5.74) is 3.36. The summed E-state index contributed by atoms with van der Waals surface area (Å²) in [6, 6.07) is 46.3. The van der Waals surface area contributed by atoms with E-state index in [-0.39, 0.29) is 43.5 Å². The molecule has 4 aromatic heterocycles. The second kappa shape index (κ2) is 10.2. The Bertz CT molecular complexity index is 2470. The molecular formula is C39H21N3Se3. The maximum atomic E-state index is 5.32. The Balaban J connectivity index is 1.29. The van der Waals surface area contributed by atoms with Gasteiger partial charge >= 0.3 is 278 Å². The molecule has 3 nitrogen and oxygen atoms in total. The van der Waals surface area contributed by atoms with E-state index in [0.29, 0.717) is 0 Å². The van der Waals surface area contributed by atoms with Crippen molar-refractivity contribution in [2.75, 3.05) is 0 Å². The van der Waals surface area contributed by atoms with Gasteiger partial charge in [0.25, 0.3) is 0 Å². The van der Waals surface area contributed by atoms with Gasteiger partial charge in [0.1, 0.15) is 0 Å². The van der Waals surface area contributed by atoms with E-state index in [4.69, 9.17) is 15.0 Å². The first kappa shape index (κ1) is 26.1. The fraction of sp³-hybridized carbons (Fsp3) is 0. The molecule has 0 N–H and O–H groups in total. The zero-order valence-electron chi connectivity index (χ0n) is 23.7. The quantitative estimate of drug-likeness (QED) is 0.169. The summed E-state index contributed by atoms with van der Waals surface area (Å²) >= 11 is 0.562. The molecule has 0 spiro atoms. The van der Waals surface area contributed by atoms with Gasteiger partial charge in [-0.05, 0) is 0 Å². The molecule has 0 saturated heterocycles. The molecule has 0 aliphatic rings. The van der Waals surface area contributed by atoms with Crippen LogP contribution >= 0.6 is 0 Å². The fourth-order valence-electron chi connectivity index (χ4n) is 6.51. The summed E-state index contributed by atoms with van der Waals surface area (Å²) in [7, 11) is 0. The molecule has 0 fully saturated rings. The Kier molecular flexibility index (Phi) is 5.93. The first-order chi connectivity index (χ1) is 22.3. The van der Waals surface area contributed by atoms with Gasteiger partial charge in [-0.25, -0.2) is 0 Å². The van der Waals surface area contributed by atoms with E-state index >= 15 is 0 Å². The van der Waals surface area contributed by atoms with Crippen molar-refractivity contribution in [3.63, 3.8) is 0 Å². The summed E-state index contributed by atoms with van der Waals surface area (Å²) in [4.78, 5) is 15.9. The Hall–Kier alpha value is -4.11. The maximum absolute atomic E-state index is 5.32. The number of benzene rings is 6. The average molecular weight is 768 g/mol. The van der Waals surface area contributed by atoms with Gasteiger partial charge in [-0.3, -0.25) is 0 Å². The van der Waals surface area contributed by atoms with Gasteiger partial charge in [-0.15, -0.1) is 0 Å². The van der Waals surface area contributed by atoms with Gasteiger partial charge < -0.3 is 0 Å². The number of rotatable bonds is 3. The van der Waals surface area contributed by atoms with Gasteiger partial charge in [0.05, 0.1) is 0 Å². The van der Waals surface area contributed by atoms with Gasteiger partial charge in [0.15, 0.2) is 0 Å². The molecule has 0 aliphatic heterocycles. The van der Waals surface area contributed by atoms with E-state index in [1.165, 1.54) is 57.9 Å². The van der Waals surface area contributed by atoms with Gasteiger partial charge in [0.2, 0.25) is 0 Å².